The van der Waals surface area contributed by atoms with Gasteiger partial charge in [-0.1, -0.05) is 18.2 Å². The maximum absolute atomic E-state index is 12.0. The highest BCUT2D eigenvalue weighted by molar-refractivity contribution is 14.1. The number of rotatable bonds is 2. The topological polar surface area (TPSA) is 50.7 Å². The first-order valence-corrected chi connectivity index (χ1v) is 6.81. The van der Waals surface area contributed by atoms with Crippen molar-refractivity contribution in [2.75, 3.05) is 0 Å². The number of hydrogen-bond donors (Lipinski definition) is 1. The van der Waals surface area contributed by atoms with Gasteiger partial charge < -0.3 is 0 Å². The van der Waals surface area contributed by atoms with Crippen LogP contribution in [0.5, 0.6) is 0 Å². The molecule has 1 aromatic carbocycles. The first-order valence-electron chi connectivity index (χ1n) is 5.73. The van der Waals surface area contributed by atoms with Crippen LogP contribution in [-0.2, 0) is 0 Å². The molecule has 0 aliphatic carbocycles. The molecule has 19 heavy (non-hydrogen) atoms. The molecule has 1 N–H and O–H groups in total. The number of aromatic amines is 1. The van der Waals surface area contributed by atoms with Crippen molar-refractivity contribution in [1.29, 1.82) is 0 Å². The quantitative estimate of drug-likeness (QED) is 0.712. The fourth-order valence-corrected chi connectivity index (χ4v) is 2.40. The highest BCUT2D eigenvalue weighted by Gasteiger charge is 2.07. The van der Waals surface area contributed by atoms with Gasteiger partial charge in [0.15, 0.2) is 5.82 Å². The maximum Gasteiger partial charge on any atom is 0.273 e. The molecule has 0 fully saturated rings. The summed E-state index contributed by atoms with van der Waals surface area (Å²) in [4.78, 5) is 16.2. The Hall–Kier alpha value is -1.89. The van der Waals surface area contributed by atoms with Gasteiger partial charge in [0, 0.05) is 21.4 Å². The zero-order valence-corrected chi connectivity index (χ0v) is 12.0. The van der Waals surface area contributed by atoms with Crippen LogP contribution in [-0.4, -0.2) is 14.8 Å². The van der Waals surface area contributed by atoms with Crippen LogP contribution in [0.3, 0.4) is 0 Å². The predicted molar refractivity (Wildman–Crippen MR) is 82.3 cm³/mol. The van der Waals surface area contributed by atoms with E-state index in [1.54, 1.807) is 18.3 Å². The number of nitrogens with one attached hydrogen (secondary N) is 1. The van der Waals surface area contributed by atoms with Gasteiger partial charge in [-0.2, -0.15) is 0 Å². The molecular formula is C14H10IN3O. The minimum atomic E-state index is -0.118. The monoisotopic (exact) mass is 363 g/mol. The second kappa shape index (κ2) is 5.00. The van der Waals surface area contributed by atoms with Gasteiger partial charge in [0.05, 0.1) is 5.69 Å². The van der Waals surface area contributed by atoms with Crippen molar-refractivity contribution in [2.24, 2.45) is 0 Å². The summed E-state index contributed by atoms with van der Waals surface area (Å²) in [7, 11) is 0. The minimum Gasteiger partial charge on any atom is -0.289 e. The molecule has 0 atom stereocenters. The molecule has 94 valence electrons. The molecule has 0 amide bonds. The summed E-state index contributed by atoms with van der Waals surface area (Å²) in [5.41, 5.74) is 1.65. The van der Waals surface area contributed by atoms with Crippen LogP contribution in [0.25, 0.3) is 17.1 Å². The number of halogens is 1. The van der Waals surface area contributed by atoms with Crippen molar-refractivity contribution in [1.82, 2.24) is 14.8 Å². The second-order valence-electron chi connectivity index (χ2n) is 4.04. The van der Waals surface area contributed by atoms with Gasteiger partial charge in [-0.3, -0.25) is 9.89 Å². The summed E-state index contributed by atoms with van der Waals surface area (Å²) in [6, 6.07) is 15.0. The summed E-state index contributed by atoms with van der Waals surface area (Å²) in [6.45, 7) is 0. The average molecular weight is 363 g/mol. The van der Waals surface area contributed by atoms with E-state index in [4.69, 9.17) is 0 Å². The predicted octanol–water partition coefficient (Wildman–Crippen LogP) is 2.83. The van der Waals surface area contributed by atoms with E-state index in [0.29, 0.717) is 5.82 Å². The van der Waals surface area contributed by atoms with E-state index in [9.17, 15) is 4.79 Å². The number of benzene rings is 1. The van der Waals surface area contributed by atoms with E-state index in [1.807, 2.05) is 36.4 Å². The number of pyridine rings is 1. The Labute approximate surface area is 123 Å². The molecule has 4 nitrogen and oxygen atoms in total. The van der Waals surface area contributed by atoms with Crippen molar-refractivity contribution in [3.8, 4) is 17.1 Å². The lowest BCUT2D eigenvalue weighted by Gasteiger charge is -2.01. The molecule has 5 heteroatoms. The van der Waals surface area contributed by atoms with E-state index in [-0.39, 0.29) is 5.56 Å². The van der Waals surface area contributed by atoms with Crippen LogP contribution in [0.4, 0.5) is 0 Å². The van der Waals surface area contributed by atoms with Crippen molar-refractivity contribution in [3.05, 3.63) is 68.7 Å². The first kappa shape index (κ1) is 12.2. The Morgan fingerprint density at radius 1 is 1.11 bits per heavy atom. The maximum atomic E-state index is 12.0. The van der Waals surface area contributed by atoms with E-state index in [2.05, 4.69) is 32.7 Å². The summed E-state index contributed by atoms with van der Waals surface area (Å²) in [6.07, 6.45) is 1.66. The second-order valence-corrected chi connectivity index (χ2v) is 5.29. The third kappa shape index (κ3) is 2.46. The Kier molecular flexibility index (Phi) is 3.20. The van der Waals surface area contributed by atoms with Gasteiger partial charge >= 0.3 is 0 Å². The van der Waals surface area contributed by atoms with Gasteiger partial charge in [0.1, 0.15) is 0 Å². The van der Waals surface area contributed by atoms with Crippen molar-refractivity contribution < 1.29 is 0 Å². The lowest BCUT2D eigenvalue weighted by Crippen LogP contribution is -2.14. The summed E-state index contributed by atoms with van der Waals surface area (Å²) in [5, 5.41) is 3.08. The number of nitrogens with zero attached hydrogens (tertiary/aromatic N) is 2. The van der Waals surface area contributed by atoms with E-state index in [0.717, 1.165) is 14.8 Å². The zero-order valence-electron chi connectivity index (χ0n) is 9.88. The van der Waals surface area contributed by atoms with Crippen LogP contribution < -0.4 is 5.56 Å². The fourth-order valence-electron chi connectivity index (χ4n) is 1.86. The van der Waals surface area contributed by atoms with E-state index < -0.39 is 0 Å². The van der Waals surface area contributed by atoms with Crippen molar-refractivity contribution in [3.63, 3.8) is 0 Å². The first-order chi connectivity index (χ1) is 9.24. The molecule has 3 rings (SSSR count). The summed E-state index contributed by atoms with van der Waals surface area (Å²) >= 11 is 2.25. The van der Waals surface area contributed by atoms with Crippen molar-refractivity contribution in [2.45, 2.75) is 0 Å². The van der Waals surface area contributed by atoms with Crippen LogP contribution in [0.1, 0.15) is 0 Å². The molecule has 3 aromatic rings. The Morgan fingerprint density at radius 2 is 2.00 bits per heavy atom. The summed E-state index contributed by atoms with van der Waals surface area (Å²) < 4.78 is 2.57. The zero-order chi connectivity index (χ0) is 13.2. The third-order valence-electron chi connectivity index (χ3n) is 2.73. The molecule has 0 spiro atoms. The van der Waals surface area contributed by atoms with Crippen LogP contribution in [0.2, 0.25) is 0 Å². The number of H-pyrrole nitrogens is 1. The van der Waals surface area contributed by atoms with E-state index >= 15 is 0 Å². The lowest BCUT2D eigenvalue weighted by molar-refractivity contribution is 0.821. The molecule has 0 unspecified atom stereocenters. The van der Waals surface area contributed by atoms with Gasteiger partial charge in [0.2, 0.25) is 0 Å². The smallest absolute Gasteiger partial charge is 0.273 e. The Morgan fingerprint density at radius 3 is 2.74 bits per heavy atom. The molecule has 2 aromatic heterocycles. The minimum absolute atomic E-state index is 0.118. The van der Waals surface area contributed by atoms with Crippen LogP contribution in [0.15, 0.2) is 59.5 Å². The standard InChI is InChI=1S/C14H10IN3O/c15-11-5-3-4-10(8-11)12-9-14(19)18(17-12)13-6-1-2-7-16-13/h1-9,17H. The number of hydrogen-bond acceptors (Lipinski definition) is 2. The van der Waals surface area contributed by atoms with Crippen molar-refractivity contribution >= 4 is 22.6 Å². The highest BCUT2D eigenvalue weighted by atomic mass is 127. The molecule has 2 heterocycles. The molecule has 0 bridgehead atoms. The van der Waals surface area contributed by atoms with E-state index in [1.165, 1.54) is 4.68 Å². The normalized spacial score (nSPS) is 10.6. The molecule has 0 radical (unpaired) electrons. The molecule has 0 saturated heterocycles. The van der Waals surface area contributed by atoms with Gasteiger partial charge in [-0.25, -0.2) is 9.67 Å². The number of aromatic nitrogens is 3. The van der Waals surface area contributed by atoms with Crippen LogP contribution in [0, 0.1) is 3.57 Å². The third-order valence-corrected chi connectivity index (χ3v) is 3.41. The molecule has 0 saturated carbocycles. The highest BCUT2D eigenvalue weighted by Crippen LogP contribution is 2.18. The fraction of sp³-hybridized carbons (Fsp3) is 0. The van der Waals surface area contributed by atoms with Gasteiger partial charge in [0.25, 0.3) is 5.56 Å². The Balaban J connectivity index is 2.10. The molecule has 0 aliphatic heterocycles. The van der Waals surface area contributed by atoms with Gasteiger partial charge in [-0.05, 0) is 46.9 Å². The average Bonchev–Trinajstić information content (AvgIpc) is 2.82. The Bertz CT molecular complexity index is 762. The lowest BCUT2D eigenvalue weighted by atomic mass is 10.2. The molecular weight excluding hydrogens is 353 g/mol. The van der Waals surface area contributed by atoms with Crippen LogP contribution >= 0.6 is 22.6 Å². The van der Waals surface area contributed by atoms with Gasteiger partial charge in [-0.15, -0.1) is 0 Å². The molecule has 0 aliphatic rings. The summed E-state index contributed by atoms with van der Waals surface area (Å²) in [5.74, 6) is 0.587. The SMILES string of the molecule is O=c1cc(-c2cccc(I)c2)[nH]n1-c1ccccn1. The largest absolute Gasteiger partial charge is 0.289 e.